The summed E-state index contributed by atoms with van der Waals surface area (Å²) >= 11 is 11.8. The number of hydrogen-bond donors (Lipinski definition) is 1. The van der Waals surface area contributed by atoms with Crippen LogP contribution in [0.1, 0.15) is 24.5 Å². The van der Waals surface area contributed by atoms with E-state index in [0.717, 1.165) is 16.8 Å². The van der Waals surface area contributed by atoms with E-state index in [1.54, 1.807) is 6.92 Å². The maximum atomic E-state index is 12.2. The molecule has 142 valence electrons. The molecule has 6 nitrogen and oxygen atoms in total. The Kier molecular flexibility index (Phi) is 5.88. The fourth-order valence-corrected chi connectivity index (χ4v) is 3.20. The molecule has 1 N–H and O–H groups in total. The average molecular weight is 401 g/mol. The van der Waals surface area contributed by atoms with Gasteiger partial charge in [-0.15, -0.1) is 23.2 Å². The number of para-hydroxylation sites is 1. The van der Waals surface area contributed by atoms with Crippen molar-refractivity contribution < 1.29 is 19.1 Å². The van der Waals surface area contributed by atoms with E-state index < -0.39 is 28.2 Å². The molecule has 1 fully saturated rings. The van der Waals surface area contributed by atoms with Crippen molar-refractivity contribution in [1.82, 2.24) is 4.90 Å². The van der Waals surface area contributed by atoms with Crippen molar-refractivity contribution in [3.05, 3.63) is 29.3 Å². The summed E-state index contributed by atoms with van der Waals surface area (Å²) in [6, 6.07) is 5.69. The molecule has 2 amide bonds. The third-order valence-electron chi connectivity index (χ3n) is 4.59. The minimum Gasteiger partial charge on any atom is -0.455 e. The van der Waals surface area contributed by atoms with Gasteiger partial charge in [0.05, 0.1) is 6.54 Å². The van der Waals surface area contributed by atoms with Crippen LogP contribution in [0.25, 0.3) is 0 Å². The number of hydrogen-bond acceptors (Lipinski definition) is 4. The fourth-order valence-electron chi connectivity index (χ4n) is 2.51. The Hall–Kier alpha value is -1.79. The van der Waals surface area contributed by atoms with Crippen LogP contribution in [0.2, 0.25) is 0 Å². The fraction of sp³-hybridized carbons (Fsp3) is 0.500. The number of rotatable bonds is 6. The molecule has 26 heavy (non-hydrogen) atoms. The Morgan fingerprint density at radius 2 is 1.77 bits per heavy atom. The number of anilines is 1. The minimum absolute atomic E-state index is 0.156. The Balaban J connectivity index is 1.83. The lowest BCUT2D eigenvalue weighted by Gasteiger charge is -2.19. The number of nitrogens with one attached hydrogen (secondary N) is 1. The smallest absolute Gasteiger partial charge is 0.315 e. The number of nitrogens with zero attached hydrogens (tertiary/aromatic N) is 1. The number of amides is 2. The predicted molar refractivity (Wildman–Crippen MR) is 100 cm³/mol. The van der Waals surface area contributed by atoms with Crippen LogP contribution in [0.3, 0.4) is 0 Å². The van der Waals surface area contributed by atoms with Gasteiger partial charge in [0, 0.05) is 19.2 Å². The summed E-state index contributed by atoms with van der Waals surface area (Å²) in [4.78, 5) is 37.4. The summed E-state index contributed by atoms with van der Waals surface area (Å²) in [5.41, 5.74) is 1.61. The molecule has 2 rings (SSSR count). The largest absolute Gasteiger partial charge is 0.455 e. The van der Waals surface area contributed by atoms with Gasteiger partial charge in [-0.05, 0) is 31.9 Å². The highest BCUT2D eigenvalue weighted by Gasteiger charge is 2.69. The summed E-state index contributed by atoms with van der Waals surface area (Å²) in [6.07, 6.45) is 0.282. The van der Waals surface area contributed by atoms with Crippen molar-refractivity contribution in [3.63, 3.8) is 0 Å². The molecular formula is C18H22Cl2N2O4. The number of carbonyl (C=O) groups excluding carboxylic acids is 3. The molecule has 0 bridgehead atoms. The highest BCUT2D eigenvalue weighted by Crippen LogP contribution is 2.64. The first-order chi connectivity index (χ1) is 12.0. The van der Waals surface area contributed by atoms with Gasteiger partial charge in [-0.25, -0.2) is 0 Å². The summed E-state index contributed by atoms with van der Waals surface area (Å²) in [5, 5.41) is 2.80. The van der Waals surface area contributed by atoms with Crippen LogP contribution >= 0.6 is 23.2 Å². The highest BCUT2D eigenvalue weighted by atomic mass is 35.5. The van der Waals surface area contributed by atoms with Crippen molar-refractivity contribution in [2.24, 2.45) is 5.41 Å². The van der Waals surface area contributed by atoms with E-state index in [4.69, 9.17) is 27.9 Å². The molecular weight excluding hydrogens is 379 g/mol. The molecule has 0 spiro atoms. The van der Waals surface area contributed by atoms with Crippen LogP contribution < -0.4 is 5.32 Å². The Morgan fingerprint density at radius 3 is 2.27 bits per heavy atom. The number of halogens is 2. The third-order valence-corrected chi connectivity index (χ3v) is 5.69. The van der Waals surface area contributed by atoms with Crippen LogP contribution in [-0.2, 0) is 19.1 Å². The molecule has 0 aromatic heterocycles. The van der Waals surface area contributed by atoms with E-state index in [-0.39, 0.29) is 18.9 Å². The van der Waals surface area contributed by atoms with Crippen LogP contribution in [0, 0.1) is 19.3 Å². The SMILES string of the molecule is Cc1cccc(C)c1NC(=O)CN(C)C(=O)COC(=O)[C@]1(C)CC1(Cl)Cl. The van der Waals surface area contributed by atoms with E-state index in [0.29, 0.717) is 0 Å². The summed E-state index contributed by atoms with van der Waals surface area (Å²) < 4.78 is 3.85. The van der Waals surface area contributed by atoms with Crippen LogP contribution in [0.5, 0.6) is 0 Å². The quantitative estimate of drug-likeness (QED) is 0.588. The van der Waals surface area contributed by atoms with Gasteiger partial charge in [-0.2, -0.15) is 0 Å². The minimum atomic E-state index is -1.15. The van der Waals surface area contributed by atoms with E-state index in [9.17, 15) is 14.4 Å². The highest BCUT2D eigenvalue weighted by molar-refractivity contribution is 6.53. The summed E-state index contributed by atoms with van der Waals surface area (Å²) in [7, 11) is 1.46. The first-order valence-electron chi connectivity index (χ1n) is 8.13. The first-order valence-corrected chi connectivity index (χ1v) is 8.88. The van der Waals surface area contributed by atoms with Crippen molar-refractivity contribution in [1.29, 1.82) is 0 Å². The van der Waals surface area contributed by atoms with Crippen molar-refractivity contribution in [2.45, 2.75) is 31.5 Å². The average Bonchev–Trinajstić information content (AvgIpc) is 3.07. The maximum absolute atomic E-state index is 12.2. The molecule has 1 aliphatic carbocycles. The topological polar surface area (TPSA) is 75.7 Å². The molecule has 1 atom stereocenters. The zero-order valence-electron chi connectivity index (χ0n) is 15.2. The van der Waals surface area contributed by atoms with Gasteiger partial charge in [-0.1, -0.05) is 18.2 Å². The van der Waals surface area contributed by atoms with E-state index in [1.807, 2.05) is 32.0 Å². The summed E-state index contributed by atoms with van der Waals surface area (Å²) in [5.74, 6) is -1.45. The monoisotopic (exact) mass is 400 g/mol. The number of benzene rings is 1. The molecule has 1 aromatic rings. The van der Waals surface area contributed by atoms with Gasteiger partial charge in [-0.3, -0.25) is 14.4 Å². The van der Waals surface area contributed by atoms with E-state index >= 15 is 0 Å². The summed E-state index contributed by atoms with van der Waals surface area (Å²) in [6.45, 7) is 4.75. The maximum Gasteiger partial charge on any atom is 0.315 e. The number of aryl methyl sites for hydroxylation is 2. The van der Waals surface area contributed by atoms with Crippen molar-refractivity contribution in [2.75, 3.05) is 25.5 Å². The lowest BCUT2D eigenvalue weighted by atomic mass is 10.1. The van der Waals surface area contributed by atoms with Gasteiger partial charge in [0.25, 0.3) is 5.91 Å². The van der Waals surface area contributed by atoms with Gasteiger partial charge in [0.1, 0.15) is 9.75 Å². The second kappa shape index (κ2) is 7.45. The molecule has 1 aromatic carbocycles. The normalized spacial score (nSPS) is 20.2. The van der Waals surface area contributed by atoms with Gasteiger partial charge < -0.3 is 15.0 Å². The predicted octanol–water partition coefficient (Wildman–Crippen LogP) is 2.83. The van der Waals surface area contributed by atoms with Crippen LogP contribution in [-0.4, -0.2) is 47.2 Å². The van der Waals surface area contributed by atoms with Gasteiger partial charge in [0.2, 0.25) is 5.91 Å². The second-order valence-corrected chi connectivity index (χ2v) is 8.34. The second-order valence-electron chi connectivity index (χ2n) is 6.85. The van der Waals surface area contributed by atoms with Crippen LogP contribution in [0.4, 0.5) is 5.69 Å². The molecule has 0 aliphatic heterocycles. The first kappa shape index (κ1) is 20.5. The van der Waals surface area contributed by atoms with Crippen molar-refractivity contribution >= 4 is 46.7 Å². The number of likely N-dealkylation sites (N-methyl/N-ethyl adjacent to an activating group) is 1. The Morgan fingerprint density at radius 1 is 1.23 bits per heavy atom. The van der Waals surface area contributed by atoms with Crippen molar-refractivity contribution in [3.8, 4) is 0 Å². The number of esters is 1. The third kappa shape index (κ3) is 4.30. The van der Waals surface area contributed by atoms with Gasteiger partial charge >= 0.3 is 5.97 Å². The zero-order chi connectivity index (χ0) is 19.7. The molecule has 0 unspecified atom stereocenters. The number of ether oxygens (including phenoxy) is 1. The molecule has 8 heteroatoms. The van der Waals surface area contributed by atoms with Gasteiger partial charge in [0.15, 0.2) is 6.61 Å². The molecule has 0 radical (unpaired) electrons. The van der Waals surface area contributed by atoms with E-state index in [2.05, 4.69) is 5.32 Å². The Bertz CT molecular complexity index is 730. The lowest BCUT2D eigenvalue weighted by Crippen LogP contribution is -2.38. The molecule has 1 aliphatic rings. The standard InChI is InChI=1S/C18H22Cl2N2O4/c1-11-6-5-7-12(2)15(11)21-13(23)8-22(4)14(24)9-26-16(25)17(3)10-18(17,19)20/h5-7H,8-10H2,1-4H3,(H,21,23)/t17-/m0/s1. The molecule has 1 saturated carbocycles. The zero-order valence-corrected chi connectivity index (χ0v) is 16.7. The van der Waals surface area contributed by atoms with E-state index in [1.165, 1.54) is 11.9 Å². The lowest BCUT2D eigenvalue weighted by molar-refractivity contribution is -0.156. The number of alkyl halides is 2. The molecule has 0 saturated heterocycles. The van der Waals surface area contributed by atoms with Crippen LogP contribution in [0.15, 0.2) is 18.2 Å². The molecule has 0 heterocycles. The Labute approximate surface area is 162 Å². The number of carbonyl (C=O) groups is 3.